The zero-order chi connectivity index (χ0) is 21.2. The van der Waals surface area contributed by atoms with E-state index in [1.807, 2.05) is 0 Å². The molecular weight excluding hydrogens is 400 g/mol. The summed E-state index contributed by atoms with van der Waals surface area (Å²) in [5.41, 5.74) is 0.602. The van der Waals surface area contributed by atoms with E-state index in [1.165, 1.54) is 20.1 Å². The Hall–Kier alpha value is -2.33. The lowest BCUT2D eigenvalue weighted by Crippen LogP contribution is -2.53. The van der Waals surface area contributed by atoms with E-state index < -0.39 is 10.0 Å². The van der Waals surface area contributed by atoms with Gasteiger partial charge in [0, 0.05) is 12.7 Å². The minimum Gasteiger partial charge on any atom is -0.490 e. The van der Waals surface area contributed by atoms with E-state index in [0.29, 0.717) is 29.8 Å². The van der Waals surface area contributed by atoms with Gasteiger partial charge in [0.05, 0.1) is 37.0 Å². The quantitative estimate of drug-likeness (QED) is 0.708. The number of methoxy groups -OCH3 is 1. The average Bonchev–Trinajstić information content (AvgIpc) is 2.70. The smallest absolute Gasteiger partial charge is 0.308 e. The van der Waals surface area contributed by atoms with Gasteiger partial charge >= 0.3 is 5.97 Å². The second-order valence-electron chi connectivity index (χ2n) is 7.16. The van der Waals surface area contributed by atoms with Crippen molar-refractivity contribution >= 4 is 27.6 Å². The van der Waals surface area contributed by atoms with Crippen LogP contribution in [0.3, 0.4) is 0 Å². The summed E-state index contributed by atoms with van der Waals surface area (Å²) in [5.74, 6) is -0.319. The topological polar surface area (TPSA) is 111 Å². The number of hydrogen-bond donors (Lipinski definition) is 1. The monoisotopic (exact) mass is 426 g/mol. The molecule has 0 saturated carbocycles. The number of rotatable bonds is 5. The molecule has 2 heterocycles. The molecule has 1 fully saturated rings. The van der Waals surface area contributed by atoms with E-state index in [-0.39, 0.29) is 48.9 Å². The molecule has 0 spiro atoms. The Balaban J connectivity index is 1.82. The Labute approximate surface area is 170 Å². The number of benzene rings is 1. The first-order valence-electron chi connectivity index (χ1n) is 9.50. The molecule has 0 bridgehead atoms. The van der Waals surface area contributed by atoms with Crippen molar-refractivity contribution in [2.75, 3.05) is 31.2 Å². The van der Waals surface area contributed by atoms with Crippen LogP contribution in [0.1, 0.15) is 36.5 Å². The van der Waals surface area contributed by atoms with E-state index in [2.05, 4.69) is 4.72 Å². The number of likely N-dealkylation sites (N-methyl/N-ethyl adjacent to an activating group) is 1. The maximum absolute atomic E-state index is 13.1. The van der Waals surface area contributed by atoms with Crippen molar-refractivity contribution in [2.24, 2.45) is 0 Å². The summed E-state index contributed by atoms with van der Waals surface area (Å²) < 4.78 is 42.7. The van der Waals surface area contributed by atoms with Crippen molar-refractivity contribution in [3.63, 3.8) is 0 Å². The summed E-state index contributed by atoms with van der Waals surface area (Å²) in [6, 6.07) is 4.41. The number of ether oxygens (including phenoxy) is 3. The third-order valence-electron chi connectivity index (χ3n) is 5.29. The zero-order valence-corrected chi connectivity index (χ0v) is 17.5. The van der Waals surface area contributed by atoms with Crippen LogP contribution in [0.5, 0.6) is 5.75 Å². The van der Waals surface area contributed by atoms with E-state index in [9.17, 15) is 18.0 Å². The summed E-state index contributed by atoms with van der Waals surface area (Å²) in [7, 11) is -0.422. The Morgan fingerprint density at radius 2 is 2.10 bits per heavy atom. The molecule has 3 rings (SSSR count). The molecule has 0 aliphatic carbocycles. The van der Waals surface area contributed by atoms with Gasteiger partial charge in [0.2, 0.25) is 10.0 Å². The van der Waals surface area contributed by atoms with Gasteiger partial charge in [0.1, 0.15) is 18.5 Å². The third-order valence-corrected chi connectivity index (χ3v) is 6.59. The first-order valence-corrected chi connectivity index (χ1v) is 11.2. The number of nitrogens with one attached hydrogen (secondary N) is 1. The van der Waals surface area contributed by atoms with Crippen LogP contribution in [0.4, 0.5) is 5.69 Å². The number of carbonyl (C=O) groups excluding carboxylic acids is 2. The predicted molar refractivity (Wildman–Crippen MR) is 105 cm³/mol. The predicted octanol–water partition coefficient (Wildman–Crippen LogP) is 1.39. The third kappa shape index (κ3) is 4.81. The molecule has 1 amide bonds. The SMILES string of the molecule is CCS(=O)(=O)Nc1ccc2c(c1)C(=O)N(C)[C@@H]1CC[C@H](CC(=O)OC)O[C@H]1CO2. The highest BCUT2D eigenvalue weighted by molar-refractivity contribution is 7.92. The lowest BCUT2D eigenvalue weighted by Gasteiger charge is -2.42. The average molecular weight is 426 g/mol. The van der Waals surface area contributed by atoms with Crippen molar-refractivity contribution in [3.05, 3.63) is 23.8 Å². The van der Waals surface area contributed by atoms with Crippen LogP contribution in [-0.4, -0.2) is 70.0 Å². The summed E-state index contributed by atoms with van der Waals surface area (Å²) in [6.45, 7) is 1.75. The number of nitrogens with zero attached hydrogens (tertiary/aromatic N) is 1. The van der Waals surface area contributed by atoms with Gasteiger partial charge in [-0.05, 0) is 38.0 Å². The van der Waals surface area contributed by atoms with Gasteiger partial charge in [0.15, 0.2) is 0 Å². The molecule has 1 aromatic carbocycles. The second kappa shape index (κ2) is 8.58. The number of fused-ring (bicyclic) bond motifs is 2. The molecule has 10 heteroatoms. The van der Waals surface area contributed by atoms with Crippen LogP contribution in [0.2, 0.25) is 0 Å². The van der Waals surface area contributed by atoms with Crippen LogP contribution in [0, 0.1) is 0 Å². The van der Waals surface area contributed by atoms with Crippen LogP contribution >= 0.6 is 0 Å². The number of carbonyl (C=O) groups is 2. The van der Waals surface area contributed by atoms with Crippen molar-refractivity contribution in [2.45, 2.75) is 44.4 Å². The lowest BCUT2D eigenvalue weighted by atomic mass is 9.94. The van der Waals surface area contributed by atoms with Crippen LogP contribution in [0.25, 0.3) is 0 Å². The number of anilines is 1. The molecule has 1 saturated heterocycles. The molecule has 1 aromatic rings. The Bertz CT molecular complexity index is 887. The Kier molecular flexibility index (Phi) is 6.33. The van der Waals surface area contributed by atoms with Crippen molar-refractivity contribution in [1.29, 1.82) is 0 Å². The fraction of sp³-hybridized carbons (Fsp3) is 0.579. The van der Waals surface area contributed by atoms with Crippen LogP contribution in [0.15, 0.2) is 18.2 Å². The summed E-state index contributed by atoms with van der Waals surface area (Å²) in [6.07, 6.45) is 0.792. The second-order valence-corrected chi connectivity index (χ2v) is 9.18. The molecule has 3 atom stereocenters. The summed E-state index contributed by atoms with van der Waals surface area (Å²) >= 11 is 0. The van der Waals surface area contributed by atoms with E-state index in [4.69, 9.17) is 14.2 Å². The van der Waals surface area contributed by atoms with E-state index >= 15 is 0 Å². The van der Waals surface area contributed by atoms with Gasteiger partial charge in [0.25, 0.3) is 5.91 Å². The fourth-order valence-electron chi connectivity index (χ4n) is 3.61. The van der Waals surface area contributed by atoms with Gasteiger partial charge in [-0.1, -0.05) is 0 Å². The minimum atomic E-state index is -3.46. The molecule has 160 valence electrons. The first kappa shape index (κ1) is 21.4. The lowest BCUT2D eigenvalue weighted by molar-refractivity contribution is -0.151. The first-order chi connectivity index (χ1) is 13.7. The van der Waals surface area contributed by atoms with Crippen molar-refractivity contribution in [3.8, 4) is 5.75 Å². The number of hydrogen-bond acceptors (Lipinski definition) is 7. The molecular formula is C19H26N2O7S. The number of sulfonamides is 1. The molecule has 0 unspecified atom stereocenters. The molecule has 29 heavy (non-hydrogen) atoms. The Morgan fingerprint density at radius 3 is 2.79 bits per heavy atom. The van der Waals surface area contributed by atoms with Gasteiger partial charge in [-0.2, -0.15) is 0 Å². The van der Waals surface area contributed by atoms with Gasteiger partial charge in [-0.3, -0.25) is 14.3 Å². The molecule has 9 nitrogen and oxygen atoms in total. The van der Waals surface area contributed by atoms with Gasteiger partial charge in [-0.15, -0.1) is 0 Å². The standard InChI is InChI=1S/C19H26N2O7S/c1-4-29(24,25)20-12-5-8-16-14(9-12)19(23)21(2)15-7-6-13(10-18(22)26-3)28-17(15)11-27-16/h5,8-9,13,15,17,20H,4,6-7,10-11H2,1-3H3/t13-,15-,17+/m1/s1. The molecule has 2 aliphatic heterocycles. The van der Waals surface area contributed by atoms with Crippen molar-refractivity contribution < 1.29 is 32.2 Å². The zero-order valence-electron chi connectivity index (χ0n) is 16.7. The molecule has 2 aliphatic rings. The largest absolute Gasteiger partial charge is 0.490 e. The van der Waals surface area contributed by atoms with Crippen LogP contribution in [-0.2, 0) is 24.3 Å². The van der Waals surface area contributed by atoms with E-state index in [0.717, 1.165) is 0 Å². The van der Waals surface area contributed by atoms with Gasteiger partial charge in [-0.25, -0.2) is 8.42 Å². The Morgan fingerprint density at radius 1 is 1.34 bits per heavy atom. The highest BCUT2D eigenvalue weighted by Crippen LogP contribution is 2.32. The highest BCUT2D eigenvalue weighted by Gasteiger charge is 2.39. The number of esters is 1. The number of amides is 1. The maximum Gasteiger partial charge on any atom is 0.308 e. The highest BCUT2D eigenvalue weighted by atomic mass is 32.2. The molecule has 0 aromatic heterocycles. The normalized spacial score (nSPS) is 24.4. The molecule has 0 radical (unpaired) electrons. The minimum absolute atomic E-state index is 0.0672. The molecule has 1 N–H and O–H groups in total. The van der Waals surface area contributed by atoms with Gasteiger partial charge < -0.3 is 19.1 Å². The van der Waals surface area contributed by atoms with Crippen LogP contribution < -0.4 is 9.46 Å². The fourth-order valence-corrected chi connectivity index (χ4v) is 4.24. The maximum atomic E-state index is 13.1. The summed E-state index contributed by atoms with van der Waals surface area (Å²) in [4.78, 5) is 26.2. The summed E-state index contributed by atoms with van der Waals surface area (Å²) in [5, 5.41) is 0. The van der Waals surface area contributed by atoms with Crippen molar-refractivity contribution in [1.82, 2.24) is 4.90 Å². The van der Waals surface area contributed by atoms with E-state index in [1.54, 1.807) is 24.1 Å².